The van der Waals surface area contributed by atoms with E-state index in [2.05, 4.69) is 4.90 Å². The van der Waals surface area contributed by atoms with Crippen LogP contribution in [0.1, 0.15) is 10.4 Å². The van der Waals surface area contributed by atoms with E-state index in [9.17, 15) is 13.2 Å². The summed E-state index contributed by atoms with van der Waals surface area (Å²) in [6.07, 6.45) is 1.14. The number of halogens is 1. The number of carbonyl (C=O) groups is 1. The minimum Gasteiger partial charge on any atom is -0.368 e. The van der Waals surface area contributed by atoms with Crippen LogP contribution in [0.2, 0.25) is 5.02 Å². The van der Waals surface area contributed by atoms with Crippen LogP contribution in [0, 0.1) is 0 Å². The van der Waals surface area contributed by atoms with Crippen molar-refractivity contribution >= 4 is 38.9 Å². The number of nitrogens with zero attached hydrogens (tertiary/aromatic N) is 3. The molecule has 1 amide bonds. The van der Waals surface area contributed by atoms with Gasteiger partial charge in [-0.15, -0.1) is 0 Å². The van der Waals surface area contributed by atoms with Gasteiger partial charge in [-0.05, 0) is 36.4 Å². The number of anilines is 2. The lowest BCUT2D eigenvalue weighted by molar-refractivity contribution is 0.0747. The highest BCUT2D eigenvalue weighted by Gasteiger charge is 2.23. The number of carbonyl (C=O) groups excluding carboxylic acids is 1. The lowest BCUT2D eigenvalue weighted by Gasteiger charge is -2.36. The molecule has 0 spiro atoms. The fraction of sp³-hybridized carbons (Fsp3) is 0.316. The van der Waals surface area contributed by atoms with Crippen LogP contribution in [0.25, 0.3) is 0 Å². The van der Waals surface area contributed by atoms with Gasteiger partial charge in [0, 0.05) is 49.5 Å². The Balaban J connectivity index is 1.69. The monoisotopic (exact) mass is 407 g/mol. The average molecular weight is 408 g/mol. The Kier molecular flexibility index (Phi) is 5.62. The van der Waals surface area contributed by atoms with Crippen molar-refractivity contribution in [2.45, 2.75) is 0 Å². The zero-order valence-electron chi connectivity index (χ0n) is 15.3. The molecule has 1 aliphatic heterocycles. The molecule has 1 aliphatic rings. The van der Waals surface area contributed by atoms with E-state index in [-0.39, 0.29) is 5.91 Å². The van der Waals surface area contributed by atoms with Crippen molar-refractivity contribution in [1.82, 2.24) is 4.90 Å². The summed E-state index contributed by atoms with van der Waals surface area (Å²) in [6.45, 7) is 2.62. The Morgan fingerprint density at radius 2 is 1.70 bits per heavy atom. The summed E-state index contributed by atoms with van der Waals surface area (Å²) >= 11 is 6.06. The van der Waals surface area contributed by atoms with Gasteiger partial charge >= 0.3 is 0 Å². The molecule has 8 heteroatoms. The molecule has 3 rings (SSSR count). The molecule has 1 fully saturated rings. The average Bonchev–Trinajstić information content (AvgIpc) is 2.66. The Labute approximate surface area is 165 Å². The number of piperazine rings is 1. The molecule has 2 aromatic carbocycles. The number of hydrogen-bond donors (Lipinski definition) is 0. The number of rotatable bonds is 4. The molecule has 0 N–H and O–H groups in total. The maximum atomic E-state index is 12.8. The van der Waals surface area contributed by atoms with E-state index in [1.54, 1.807) is 29.2 Å². The van der Waals surface area contributed by atoms with Gasteiger partial charge in [-0.2, -0.15) is 0 Å². The van der Waals surface area contributed by atoms with Gasteiger partial charge in [0.15, 0.2) is 0 Å². The lowest BCUT2D eigenvalue weighted by atomic mass is 10.1. The molecule has 2 aromatic rings. The van der Waals surface area contributed by atoms with Crippen molar-refractivity contribution < 1.29 is 13.2 Å². The summed E-state index contributed by atoms with van der Waals surface area (Å²) < 4.78 is 24.6. The van der Waals surface area contributed by atoms with Gasteiger partial charge in [-0.25, -0.2) is 8.42 Å². The second kappa shape index (κ2) is 7.78. The highest BCUT2D eigenvalue weighted by Crippen LogP contribution is 2.22. The molecule has 0 bridgehead atoms. The van der Waals surface area contributed by atoms with Gasteiger partial charge in [0.05, 0.1) is 11.9 Å². The Morgan fingerprint density at radius 1 is 1.04 bits per heavy atom. The molecule has 0 saturated carbocycles. The van der Waals surface area contributed by atoms with Gasteiger partial charge in [-0.1, -0.05) is 23.7 Å². The van der Waals surface area contributed by atoms with Crippen LogP contribution in [0.5, 0.6) is 0 Å². The van der Waals surface area contributed by atoms with Gasteiger partial charge in [0.25, 0.3) is 5.91 Å². The first-order valence-electron chi connectivity index (χ1n) is 8.59. The van der Waals surface area contributed by atoms with Gasteiger partial charge < -0.3 is 9.80 Å². The summed E-state index contributed by atoms with van der Waals surface area (Å²) in [5.74, 6) is -0.0931. The number of amides is 1. The third-order valence-electron chi connectivity index (χ3n) is 4.69. The van der Waals surface area contributed by atoms with E-state index in [1.165, 1.54) is 11.4 Å². The molecule has 27 heavy (non-hydrogen) atoms. The predicted molar refractivity (Wildman–Crippen MR) is 109 cm³/mol. The van der Waals surface area contributed by atoms with Crippen LogP contribution in [-0.4, -0.2) is 58.7 Å². The van der Waals surface area contributed by atoms with Crippen LogP contribution in [0.4, 0.5) is 11.4 Å². The van der Waals surface area contributed by atoms with Gasteiger partial charge in [0.2, 0.25) is 10.0 Å². The normalized spacial score (nSPS) is 14.9. The largest absolute Gasteiger partial charge is 0.368 e. The summed E-state index contributed by atoms with van der Waals surface area (Å²) in [7, 11) is -1.90. The van der Waals surface area contributed by atoms with Crippen LogP contribution >= 0.6 is 11.6 Å². The van der Waals surface area contributed by atoms with Gasteiger partial charge in [-0.3, -0.25) is 9.10 Å². The summed E-state index contributed by atoms with van der Waals surface area (Å²) in [5, 5.41) is 0.692. The zero-order chi connectivity index (χ0) is 19.6. The molecule has 144 valence electrons. The standard InChI is InChI=1S/C19H22ClN3O3S/c1-21(27(2,25)26)17-7-3-5-15(13-17)19(24)23-11-9-22(10-12-23)18-8-4-6-16(20)14-18/h3-8,13-14H,9-12H2,1-2H3. The molecule has 0 radical (unpaired) electrons. The van der Waals surface area contributed by atoms with Crippen molar-refractivity contribution in [3.8, 4) is 0 Å². The Bertz CT molecular complexity index is 941. The zero-order valence-corrected chi connectivity index (χ0v) is 16.9. The van der Waals surface area contributed by atoms with Crippen LogP contribution in [0.15, 0.2) is 48.5 Å². The summed E-state index contributed by atoms with van der Waals surface area (Å²) in [6, 6.07) is 14.4. The van der Waals surface area contributed by atoms with Crippen molar-refractivity contribution in [1.29, 1.82) is 0 Å². The third-order valence-corrected chi connectivity index (χ3v) is 6.14. The molecular formula is C19H22ClN3O3S. The molecule has 0 aliphatic carbocycles. The van der Waals surface area contributed by atoms with Crippen LogP contribution in [0.3, 0.4) is 0 Å². The second-order valence-corrected chi connectivity index (χ2v) is 8.99. The Morgan fingerprint density at radius 3 is 2.33 bits per heavy atom. The first kappa shape index (κ1) is 19.5. The Hall–Kier alpha value is -2.25. The summed E-state index contributed by atoms with van der Waals surface area (Å²) in [5.41, 5.74) is 2.01. The predicted octanol–water partition coefficient (Wildman–Crippen LogP) is 2.70. The maximum Gasteiger partial charge on any atom is 0.254 e. The first-order chi connectivity index (χ1) is 12.8. The fourth-order valence-electron chi connectivity index (χ4n) is 3.05. The second-order valence-electron chi connectivity index (χ2n) is 6.54. The number of sulfonamides is 1. The minimum absolute atomic E-state index is 0.0931. The van der Waals surface area contributed by atoms with Crippen molar-refractivity contribution in [3.63, 3.8) is 0 Å². The maximum absolute atomic E-state index is 12.8. The third kappa shape index (κ3) is 4.54. The summed E-state index contributed by atoms with van der Waals surface area (Å²) in [4.78, 5) is 16.8. The van der Waals surface area contributed by atoms with Crippen LogP contribution < -0.4 is 9.21 Å². The fourth-order valence-corrected chi connectivity index (χ4v) is 3.73. The number of benzene rings is 2. The smallest absolute Gasteiger partial charge is 0.254 e. The molecule has 6 nitrogen and oxygen atoms in total. The highest BCUT2D eigenvalue weighted by molar-refractivity contribution is 7.92. The van der Waals surface area contributed by atoms with E-state index in [0.29, 0.717) is 29.4 Å². The van der Waals surface area contributed by atoms with Crippen molar-refractivity contribution in [3.05, 3.63) is 59.1 Å². The van der Waals surface area contributed by atoms with Crippen molar-refractivity contribution in [2.24, 2.45) is 0 Å². The molecule has 1 heterocycles. The molecule has 0 atom stereocenters. The molecule has 0 aromatic heterocycles. The topological polar surface area (TPSA) is 60.9 Å². The van der Waals surface area contributed by atoms with E-state index in [1.807, 2.05) is 24.3 Å². The van der Waals surface area contributed by atoms with E-state index >= 15 is 0 Å². The highest BCUT2D eigenvalue weighted by atomic mass is 35.5. The molecular weight excluding hydrogens is 386 g/mol. The van der Waals surface area contributed by atoms with Crippen LogP contribution in [-0.2, 0) is 10.0 Å². The quantitative estimate of drug-likeness (QED) is 0.781. The van der Waals surface area contributed by atoms with Crippen molar-refractivity contribution in [2.75, 3.05) is 48.7 Å². The minimum atomic E-state index is -3.37. The van der Waals surface area contributed by atoms with E-state index in [4.69, 9.17) is 11.6 Å². The lowest BCUT2D eigenvalue weighted by Crippen LogP contribution is -2.48. The molecule has 0 unspecified atom stereocenters. The van der Waals surface area contributed by atoms with E-state index < -0.39 is 10.0 Å². The first-order valence-corrected chi connectivity index (χ1v) is 10.8. The van der Waals surface area contributed by atoms with Gasteiger partial charge in [0.1, 0.15) is 0 Å². The SMILES string of the molecule is CN(c1cccc(C(=O)N2CCN(c3cccc(Cl)c3)CC2)c1)S(C)(=O)=O. The molecule has 1 saturated heterocycles. The van der Waals surface area contributed by atoms with E-state index in [0.717, 1.165) is 25.0 Å². The number of hydrogen-bond acceptors (Lipinski definition) is 4.